The molecule has 1 rings (SSSR count). The Morgan fingerprint density at radius 2 is 2.27 bits per heavy atom. The highest BCUT2D eigenvalue weighted by atomic mass is 79.9. The molecule has 4 nitrogen and oxygen atoms in total. The maximum atomic E-state index is 10.5. The lowest BCUT2D eigenvalue weighted by Gasteiger charge is -2.13. The van der Waals surface area contributed by atoms with Gasteiger partial charge in [0.05, 0.1) is 4.92 Å². The molecule has 1 aromatic rings. The summed E-state index contributed by atoms with van der Waals surface area (Å²) in [5.41, 5.74) is 0.978. The molecule has 0 aliphatic carbocycles. The number of hydrogen-bond donors (Lipinski definition) is 1. The maximum Gasteiger partial charge on any atom is 0.270 e. The molecule has 0 bridgehead atoms. The summed E-state index contributed by atoms with van der Waals surface area (Å²) in [5, 5.41) is 13.8. The second-order valence-corrected chi connectivity index (χ2v) is 4.23. The van der Waals surface area contributed by atoms with Gasteiger partial charge in [-0.1, -0.05) is 6.92 Å². The van der Waals surface area contributed by atoms with E-state index in [1.165, 1.54) is 12.1 Å². The van der Waals surface area contributed by atoms with Gasteiger partial charge in [0.25, 0.3) is 5.69 Å². The van der Waals surface area contributed by atoms with Crippen molar-refractivity contribution in [1.82, 2.24) is 0 Å². The van der Waals surface area contributed by atoms with E-state index >= 15 is 0 Å². The molecule has 0 unspecified atom stereocenters. The Morgan fingerprint density at radius 3 is 2.73 bits per heavy atom. The minimum Gasteiger partial charge on any atom is -0.382 e. The van der Waals surface area contributed by atoms with Gasteiger partial charge in [0.15, 0.2) is 0 Å². The Bertz CT molecular complexity index is 368. The van der Waals surface area contributed by atoms with Crippen LogP contribution in [0, 0.1) is 10.1 Å². The molecule has 0 saturated heterocycles. The lowest BCUT2D eigenvalue weighted by atomic mass is 10.2. The van der Waals surface area contributed by atoms with Gasteiger partial charge in [-0.2, -0.15) is 0 Å². The molecule has 5 heteroatoms. The lowest BCUT2D eigenvalue weighted by molar-refractivity contribution is -0.384. The van der Waals surface area contributed by atoms with Gasteiger partial charge in [-0.3, -0.25) is 10.1 Å². The van der Waals surface area contributed by atoms with E-state index in [2.05, 4.69) is 35.1 Å². The predicted molar refractivity (Wildman–Crippen MR) is 64.2 cm³/mol. The second kappa shape index (κ2) is 5.11. The average Bonchev–Trinajstić information content (AvgIpc) is 2.20. The van der Waals surface area contributed by atoms with Crippen molar-refractivity contribution in [2.24, 2.45) is 0 Å². The van der Waals surface area contributed by atoms with Gasteiger partial charge in [-0.15, -0.1) is 0 Å². The smallest absolute Gasteiger partial charge is 0.270 e. The molecule has 82 valence electrons. The highest BCUT2D eigenvalue weighted by Gasteiger charge is 2.09. The highest BCUT2D eigenvalue weighted by Crippen LogP contribution is 2.27. The Labute approximate surface area is 97.0 Å². The zero-order chi connectivity index (χ0) is 11.4. The van der Waals surface area contributed by atoms with Crippen molar-refractivity contribution in [3.63, 3.8) is 0 Å². The van der Waals surface area contributed by atoms with Crippen molar-refractivity contribution in [3.8, 4) is 0 Å². The first-order chi connectivity index (χ1) is 7.04. The van der Waals surface area contributed by atoms with Crippen molar-refractivity contribution in [1.29, 1.82) is 0 Å². The van der Waals surface area contributed by atoms with Crippen LogP contribution in [0.3, 0.4) is 0 Å². The summed E-state index contributed by atoms with van der Waals surface area (Å²) in [5.74, 6) is 0. The van der Waals surface area contributed by atoms with E-state index in [-0.39, 0.29) is 5.69 Å². The molecule has 15 heavy (non-hydrogen) atoms. The van der Waals surface area contributed by atoms with Crippen molar-refractivity contribution in [2.75, 3.05) is 5.32 Å². The van der Waals surface area contributed by atoms with Crippen LogP contribution in [-0.4, -0.2) is 11.0 Å². The fraction of sp³-hybridized carbons (Fsp3) is 0.400. The van der Waals surface area contributed by atoms with Crippen LogP contribution in [0.15, 0.2) is 22.7 Å². The fourth-order valence-corrected chi connectivity index (χ4v) is 1.58. The summed E-state index contributed by atoms with van der Waals surface area (Å²) >= 11 is 3.31. The predicted octanol–water partition coefficient (Wildman–Crippen LogP) is 3.57. The molecule has 0 radical (unpaired) electrons. The summed E-state index contributed by atoms with van der Waals surface area (Å²) in [6.45, 7) is 4.14. The molecular weight excluding hydrogens is 260 g/mol. The minimum absolute atomic E-state index is 0.0941. The van der Waals surface area contributed by atoms with Gasteiger partial charge in [0, 0.05) is 28.3 Å². The fourth-order valence-electron chi connectivity index (χ4n) is 1.10. The first kappa shape index (κ1) is 12.0. The van der Waals surface area contributed by atoms with Crippen LogP contribution in [0.4, 0.5) is 11.4 Å². The van der Waals surface area contributed by atoms with Crippen LogP contribution in [0.5, 0.6) is 0 Å². The van der Waals surface area contributed by atoms with Crippen LogP contribution in [0.1, 0.15) is 20.3 Å². The third kappa shape index (κ3) is 3.20. The molecule has 1 N–H and O–H groups in total. The SMILES string of the molecule is CC[C@@H](C)Nc1ccc([N+](=O)[O-])cc1Br. The van der Waals surface area contributed by atoms with E-state index in [1.54, 1.807) is 6.07 Å². The average molecular weight is 273 g/mol. The molecule has 0 fully saturated rings. The normalized spacial score (nSPS) is 12.2. The summed E-state index contributed by atoms with van der Waals surface area (Å²) in [6.07, 6.45) is 1.00. The van der Waals surface area contributed by atoms with E-state index < -0.39 is 4.92 Å². The number of nitro groups is 1. The first-order valence-corrected chi connectivity index (χ1v) is 5.54. The first-order valence-electron chi connectivity index (χ1n) is 4.75. The lowest BCUT2D eigenvalue weighted by Crippen LogP contribution is -2.13. The van der Waals surface area contributed by atoms with E-state index in [1.807, 2.05) is 0 Å². The van der Waals surface area contributed by atoms with Crippen LogP contribution < -0.4 is 5.32 Å². The second-order valence-electron chi connectivity index (χ2n) is 3.37. The number of halogens is 1. The number of rotatable bonds is 4. The molecule has 0 spiro atoms. The van der Waals surface area contributed by atoms with Crippen molar-refractivity contribution in [3.05, 3.63) is 32.8 Å². The van der Waals surface area contributed by atoms with Crippen molar-refractivity contribution in [2.45, 2.75) is 26.3 Å². The maximum absolute atomic E-state index is 10.5. The number of non-ortho nitro benzene ring substituents is 1. The number of benzene rings is 1. The van der Waals surface area contributed by atoms with Gasteiger partial charge in [0.2, 0.25) is 0 Å². The Balaban J connectivity index is 2.88. The zero-order valence-electron chi connectivity index (χ0n) is 8.66. The van der Waals surface area contributed by atoms with Crippen LogP contribution >= 0.6 is 15.9 Å². The summed E-state index contributed by atoms with van der Waals surface area (Å²) in [7, 11) is 0. The molecule has 0 aromatic heterocycles. The Hall–Kier alpha value is -1.10. The van der Waals surface area contributed by atoms with Gasteiger partial charge in [-0.05, 0) is 35.3 Å². The number of nitro benzene ring substituents is 1. The molecule has 0 saturated carbocycles. The molecule has 1 atom stereocenters. The van der Waals surface area contributed by atoms with Crippen molar-refractivity contribution >= 4 is 27.3 Å². The largest absolute Gasteiger partial charge is 0.382 e. The van der Waals surface area contributed by atoms with Gasteiger partial charge >= 0.3 is 0 Å². The topological polar surface area (TPSA) is 55.2 Å². The van der Waals surface area contributed by atoms with E-state index in [4.69, 9.17) is 0 Å². The number of anilines is 1. The zero-order valence-corrected chi connectivity index (χ0v) is 10.2. The summed E-state index contributed by atoms with van der Waals surface area (Å²) in [4.78, 5) is 10.1. The monoisotopic (exact) mass is 272 g/mol. The Kier molecular flexibility index (Phi) is 4.08. The van der Waals surface area contributed by atoms with E-state index in [0.717, 1.165) is 16.6 Å². The highest BCUT2D eigenvalue weighted by molar-refractivity contribution is 9.10. The molecular formula is C10H13BrN2O2. The molecule has 0 aliphatic heterocycles. The van der Waals surface area contributed by atoms with E-state index in [9.17, 15) is 10.1 Å². The number of nitrogens with one attached hydrogen (secondary N) is 1. The summed E-state index contributed by atoms with van der Waals surface area (Å²) < 4.78 is 0.719. The Morgan fingerprint density at radius 1 is 1.60 bits per heavy atom. The van der Waals surface area contributed by atoms with Crippen LogP contribution in [0.25, 0.3) is 0 Å². The molecule has 0 amide bonds. The molecule has 1 aromatic carbocycles. The number of hydrogen-bond acceptors (Lipinski definition) is 3. The quantitative estimate of drug-likeness (QED) is 0.674. The molecule has 0 aliphatic rings. The van der Waals surface area contributed by atoms with Gasteiger partial charge in [-0.25, -0.2) is 0 Å². The summed E-state index contributed by atoms with van der Waals surface area (Å²) in [6, 6.07) is 5.07. The van der Waals surface area contributed by atoms with Gasteiger partial charge < -0.3 is 5.32 Å². The van der Waals surface area contributed by atoms with Crippen molar-refractivity contribution < 1.29 is 4.92 Å². The van der Waals surface area contributed by atoms with E-state index in [0.29, 0.717) is 6.04 Å². The third-order valence-corrected chi connectivity index (χ3v) is 2.83. The van der Waals surface area contributed by atoms with Gasteiger partial charge in [0.1, 0.15) is 0 Å². The number of nitrogens with zero attached hydrogens (tertiary/aromatic N) is 1. The standard InChI is InChI=1S/C10H13BrN2O2/c1-3-7(2)12-10-5-4-8(13(14)15)6-9(10)11/h4-7,12H,3H2,1-2H3/t7-/m1/s1. The minimum atomic E-state index is -0.405. The van der Waals surface area contributed by atoms with Crippen LogP contribution in [-0.2, 0) is 0 Å². The molecule has 0 heterocycles. The third-order valence-electron chi connectivity index (χ3n) is 2.18. The van der Waals surface area contributed by atoms with Crippen LogP contribution in [0.2, 0.25) is 0 Å².